The Morgan fingerprint density at radius 1 is 0.433 bits per heavy atom. The van der Waals surface area contributed by atoms with Crippen molar-refractivity contribution in [3.63, 3.8) is 0 Å². The molecular weight excluding hydrogens is 777 g/mol. The smallest absolute Gasteiger partial charge is 0.186 e. The normalized spacial score (nSPS) is 15.8. The molecule has 310 valence electrons. The van der Waals surface area contributed by atoms with Crippen LogP contribution in [-0.2, 0) is 9.59 Å². The maximum atomic E-state index is 13.5. The van der Waals surface area contributed by atoms with E-state index < -0.39 is 0 Å². The number of Topliss-reactive ketones (excluding diaryl/α,β-unsaturated/α-hetero) is 2. The fraction of sp³-hybridized carbons (Fsp3) is 0.346. The van der Waals surface area contributed by atoms with E-state index in [1.807, 2.05) is 36.4 Å². The Kier molecular flexibility index (Phi) is 12.4. The molecule has 2 aromatic heterocycles. The lowest BCUT2D eigenvalue weighted by atomic mass is 9.72. The molecule has 60 heavy (non-hydrogen) atoms. The lowest BCUT2D eigenvalue weighted by Crippen LogP contribution is -2.27. The minimum Gasteiger partial charge on any atom is -0.289 e. The summed E-state index contributed by atoms with van der Waals surface area (Å²) >= 11 is 3.49. The zero-order chi connectivity index (χ0) is 43.9. The van der Waals surface area contributed by atoms with Crippen molar-refractivity contribution in [1.29, 1.82) is 0 Å². The van der Waals surface area contributed by atoms with Gasteiger partial charge in [0, 0.05) is 52.9 Å². The van der Waals surface area contributed by atoms with Gasteiger partial charge in [0.15, 0.2) is 11.6 Å². The van der Waals surface area contributed by atoms with Crippen molar-refractivity contribution in [2.75, 3.05) is 0 Å². The van der Waals surface area contributed by atoms with Gasteiger partial charge in [-0.25, -0.2) is 0 Å². The highest BCUT2D eigenvalue weighted by Crippen LogP contribution is 2.45. The summed E-state index contributed by atoms with van der Waals surface area (Å²) in [6, 6.07) is 21.1. The van der Waals surface area contributed by atoms with Crippen molar-refractivity contribution < 1.29 is 9.59 Å². The molecular formula is C52H58N4O2S2. The number of nitrogens with zero attached hydrogens (tertiary/aromatic N) is 4. The third kappa shape index (κ3) is 10.0. The van der Waals surface area contributed by atoms with Gasteiger partial charge in [-0.3, -0.25) is 9.59 Å². The first-order valence-electron chi connectivity index (χ1n) is 20.5. The van der Waals surface area contributed by atoms with E-state index >= 15 is 0 Å². The highest BCUT2D eigenvalue weighted by molar-refractivity contribution is 7.15. The van der Waals surface area contributed by atoms with Crippen LogP contribution < -0.4 is 0 Å². The van der Waals surface area contributed by atoms with Gasteiger partial charge in [-0.15, -0.1) is 22.7 Å². The van der Waals surface area contributed by atoms with Gasteiger partial charge in [-0.05, 0) is 131 Å². The fourth-order valence-electron chi connectivity index (χ4n) is 7.23. The SMILES string of the molecule is Cc1ccc(-c2cc(/N=N/C=C3C=C(C(C)(C)C)C(=O)C(C(C)(C)C)=C3)ccc2-c2ccc(/N=N/C=C3C=C(C(C)(C)C)C(=O)C(C(C)(C)C)=C3)cc2-c2ccc(C)s2)s1. The molecule has 0 fully saturated rings. The summed E-state index contributed by atoms with van der Waals surface area (Å²) in [5.74, 6) is 0.192. The first-order valence-corrected chi connectivity index (χ1v) is 22.2. The van der Waals surface area contributed by atoms with Crippen molar-refractivity contribution >= 4 is 45.6 Å². The van der Waals surface area contributed by atoms with Crippen molar-refractivity contribution in [1.82, 2.24) is 0 Å². The van der Waals surface area contributed by atoms with Gasteiger partial charge >= 0.3 is 0 Å². The van der Waals surface area contributed by atoms with Gasteiger partial charge in [0.05, 0.1) is 23.8 Å². The van der Waals surface area contributed by atoms with Crippen LogP contribution in [0.15, 0.2) is 151 Å². The van der Waals surface area contributed by atoms with E-state index in [9.17, 15) is 9.59 Å². The van der Waals surface area contributed by atoms with Crippen LogP contribution >= 0.6 is 22.7 Å². The number of ketones is 2. The predicted molar refractivity (Wildman–Crippen MR) is 253 cm³/mol. The molecule has 0 unspecified atom stereocenters. The van der Waals surface area contributed by atoms with Crippen molar-refractivity contribution in [3.8, 4) is 32.0 Å². The zero-order valence-electron chi connectivity index (χ0n) is 37.7. The molecule has 0 N–H and O–H groups in total. The summed E-state index contributed by atoms with van der Waals surface area (Å²) in [5.41, 5.74) is 9.34. The molecule has 2 heterocycles. The molecule has 2 aromatic carbocycles. The number of hydrogen-bond acceptors (Lipinski definition) is 8. The third-order valence-electron chi connectivity index (χ3n) is 10.5. The van der Waals surface area contributed by atoms with Crippen LogP contribution in [0.3, 0.4) is 0 Å². The molecule has 0 aliphatic heterocycles. The Labute approximate surface area is 365 Å². The summed E-state index contributed by atoms with van der Waals surface area (Å²) in [6.45, 7) is 29.1. The molecule has 4 aromatic rings. The van der Waals surface area contributed by atoms with E-state index in [2.05, 4.69) is 166 Å². The minimum absolute atomic E-state index is 0.0959. The Balaban J connectivity index is 1.41. The summed E-state index contributed by atoms with van der Waals surface area (Å²) in [4.78, 5) is 31.6. The summed E-state index contributed by atoms with van der Waals surface area (Å²) in [7, 11) is 0. The Morgan fingerprint density at radius 3 is 1.02 bits per heavy atom. The first kappa shape index (κ1) is 44.4. The highest BCUT2D eigenvalue weighted by atomic mass is 32.1. The number of hydrogen-bond donors (Lipinski definition) is 0. The van der Waals surface area contributed by atoms with Crippen LogP contribution in [0, 0.1) is 35.5 Å². The molecule has 6 rings (SSSR count). The molecule has 2 aliphatic rings. The quantitative estimate of drug-likeness (QED) is 0.174. The second-order valence-electron chi connectivity index (χ2n) is 19.9. The molecule has 0 spiro atoms. The number of carbonyl (C=O) groups excluding carboxylic acids is 2. The Bertz CT molecular complexity index is 2370. The predicted octanol–water partition coefficient (Wildman–Crippen LogP) is 16.4. The summed E-state index contributed by atoms with van der Waals surface area (Å²) in [5, 5.41) is 18.5. The largest absolute Gasteiger partial charge is 0.289 e. The monoisotopic (exact) mass is 834 g/mol. The average Bonchev–Trinajstić information content (AvgIpc) is 3.78. The van der Waals surface area contributed by atoms with Crippen molar-refractivity contribution in [2.24, 2.45) is 42.1 Å². The number of allylic oxidation sites excluding steroid dienone is 10. The van der Waals surface area contributed by atoms with E-state index in [-0.39, 0.29) is 33.2 Å². The molecule has 0 amide bonds. The van der Waals surface area contributed by atoms with E-state index in [0.717, 1.165) is 76.8 Å². The third-order valence-corrected chi connectivity index (χ3v) is 12.6. The molecule has 6 nitrogen and oxygen atoms in total. The van der Waals surface area contributed by atoms with Crippen molar-refractivity contribution in [3.05, 3.63) is 141 Å². The number of azo groups is 2. The second kappa shape index (κ2) is 16.7. The molecule has 0 saturated heterocycles. The first-order chi connectivity index (χ1) is 27.9. The highest BCUT2D eigenvalue weighted by Gasteiger charge is 2.35. The van der Waals surface area contributed by atoms with E-state index in [0.29, 0.717) is 0 Å². The average molecular weight is 835 g/mol. The van der Waals surface area contributed by atoms with Gasteiger partial charge < -0.3 is 0 Å². The van der Waals surface area contributed by atoms with E-state index in [4.69, 9.17) is 0 Å². The summed E-state index contributed by atoms with van der Waals surface area (Å²) in [6.07, 6.45) is 11.3. The van der Waals surface area contributed by atoms with E-state index in [1.54, 1.807) is 35.1 Å². The molecule has 0 saturated carbocycles. The second-order valence-corrected chi connectivity index (χ2v) is 22.4. The van der Waals surface area contributed by atoms with Gasteiger partial charge in [-0.1, -0.05) is 95.2 Å². The van der Waals surface area contributed by atoms with Crippen LogP contribution in [0.4, 0.5) is 11.4 Å². The van der Waals surface area contributed by atoms with E-state index in [1.165, 1.54) is 9.75 Å². The van der Waals surface area contributed by atoms with Crippen LogP contribution in [-0.4, -0.2) is 11.6 Å². The number of carbonyl (C=O) groups is 2. The Morgan fingerprint density at radius 2 is 0.750 bits per heavy atom. The minimum atomic E-state index is -0.305. The van der Waals surface area contributed by atoms with Gasteiger partial charge in [0.2, 0.25) is 0 Å². The van der Waals surface area contributed by atoms with Gasteiger partial charge in [-0.2, -0.15) is 20.5 Å². The Hall–Kier alpha value is -5.18. The van der Waals surface area contributed by atoms with Gasteiger partial charge in [0.25, 0.3) is 0 Å². The molecule has 0 bridgehead atoms. The summed E-state index contributed by atoms with van der Waals surface area (Å²) < 4.78 is 0. The van der Waals surface area contributed by atoms with Crippen LogP contribution in [0.1, 0.15) is 92.8 Å². The number of rotatable bonds is 7. The van der Waals surface area contributed by atoms with Crippen LogP contribution in [0.25, 0.3) is 32.0 Å². The molecule has 2 aliphatic carbocycles. The lowest BCUT2D eigenvalue weighted by molar-refractivity contribution is -0.114. The number of benzene rings is 2. The maximum Gasteiger partial charge on any atom is 0.186 e. The fourth-order valence-corrected chi connectivity index (χ4v) is 9.02. The van der Waals surface area contributed by atoms with Crippen LogP contribution in [0.2, 0.25) is 0 Å². The maximum absolute atomic E-state index is 13.5. The molecule has 0 atom stereocenters. The van der Waals surface area contributed by atoms with Crippen LogP contribution in [0.5, 0.6) is 0 Å². The lowest BCUT2D eigenvalue weighted by Gasteiger charge is -2.31. The van der Waals surface area contributed by atoms with Crippen molar-refractivity contribution in [2.45, 2.75) is 96.9 Å². The topological polar surface area (TPSA) is 83.6 Å². The van der Waals surface area contributed by atoms with Gasteiger partial charge in [0.1, 0.15) is 0 Å². The number of thiophene rings is 2. The molecule has 8 heteroatoms. The zero-order valence-corrected chi connectivity index (χ0v) is 39.3. The molecule has 0 radical (unpaired) electrons. The standard InChI is InChI=1S/C52H58N4O2S2/c1-31-15-21-45(59-31)39-27-35(55-53-29-33-23-41(49(3,4)5)47(57)42(24-33)50(6,7)8)17-19-37(39)38-20-18-36(28-40(38)46-22-16-32(2)60-46)56-54-30-34-25-43(51(9,10)11)48(58)44(26-34)52(12,13)14/h15-30H,1-14H3/b55-53+,56-54+. The number of aryl methyl sites for hydroxylation is 2.